The van der Waals surface area contributed by atoms with E-state index >= 15 is 0 Å². The molecule has 0 bridgehead atoms. The lowest BCUT2D eigenvalue weighted by molar-refractivity contribution is -0.118. The van der Waals surface area contributed by atoms with Gasteiger partial charge in [0.15, 0.2) is 0 Å². The number of nitriles is 1. The number of methoxy groups -OCH3 is 1. The number of ether oxygens (including phenoxy) is 1. The number of carbonyl (C=O) groups is 1. The number of pyridine rings is 1. The molecule has 0 aliphatic heterocycles. The van der Waals surface area contributed by atoms with Crippen LogP contribution in [0.1, 0.15) is 23.2 Å². The summed E-state index contributed by atoms with van der Waals surface area (Å²) in [4.78, 5) is 16.1. The van der Waals surface area contributed by atoms with Gasteiger partial charge in [0.25, 0.3) is 0 Å². The van der Waals surface area contributed by atoms with Crippen LogP contribution < -0.4 is 16.0 Å². The van der Waals surface area contributed by atoms with Crippen molar-refractivity contribution in [2.45, 2.75) is 24.3 Å². The Morgan fingerprint density at radius 1 is 1.40 bits per heavy atom. The molecular formula is C18H18N4O2S. The molecule has 1 aliphatic carbocycles. The minimum Gasteiger partial charge on any atom is -0.497 e. The maximum absolute atomic E-state index is 11.5. The number of nitrogens with two attached hydrogens (primary N) is 1. The van der Waals surface area contributed by atoms with Gasteiger partial charge < -0.3 is 4.74 Å². The average molecular weight is 354 g/mol. The zero-order valence-electron chi connectivity index (χ0n) is 13.8. The molecule has 0 saturated heterocycles. The van der Waals surface area contributed by atoms with Crippen LogP contribution in [0.2, 0.25) is 0 Å². The fourth-order valence-corrected chi connectivity index (χ4v) is 3.83. The number of thioether (sulfide) groups is 1. The topological polar surface area (TPSA) is 101 Å². The normalized spacial score (nSPS) is 12.4. The number of carbonyl (C=O) groups excluding carboxylic acids is 1. The molecule has 1 heterocycles. The lowest BCUT2D eigenvalue weighted by Gasteiger charge is -2.14. The number of amides is 1. The molecule has 1 aromatic heterocycles. The van der Waals surface area contributed by atoms with E-state index < -0.39 is 0 Å². The third-order valence-corrected chi connectivity index (χ3v) is 5.16. The highest BCUT2D eigenvalue weighted by Crippen LogP contribution is 2.38. The summed E-state index contributed by atoms with van der Waals surface area (Å²) in [6, 6.07) is 9.96. The Labute approximate surface area is 150 Å². The number of fused-ring (bicyclic) bond motifs is 1. The van der Waals surface area contributed by atoms with Crippen molar-refractivity contribution in [1.82, 2.24) is 10.4 Å². The highest BCUT2D eigenvalue weighted by atomic mass is 32.2. The first-order chi connectivity index (χ1) is 12.2. The zero-order valence-corrected chi connectivity index (χ0v) is 14.7. The van der Waals surface area contributed by atoms with Gasteiger partial charge in [-0.2, -0.15) is 5.26 Å². The smallest absolute Gasteiger partial charge is 0.244 e. The van der Waals surface area contributed by atoms with Gasteiger partial charge in [-0.25, -0.2) is 10.8 Å². The van der Waals surface area contributed by atoms with Gasteiger partial charge in [0.1, 0.15) is 16.8 Å². The van der Waals surface area contributed by atoms with Gasteiger partial charge in [-0.05, 0) is 42.5 Å². The number of nitrogens with one attached hydrogen (secondary N) is 1. The summed E-state index contributed by atoms with van der Waals surface area (Å²) in [5.74, 6) is 5.72. The standard InChI is InChI=1S/C18H18N4O2S/c1-24-12-7-5-11(6-8-12)17-13-3-2-4-15(13)21-18(14(17)9-19)25-10-16(23)22-20/h5-8H,2-4,10,20H2,1H3,(H,22,23). The molecule has 2 aromatic rings. The van der Waals surface area contributed by atoms with Crippen molar-refractivity contribution in [3.8, 4) is 22.9 Å². The van der Waals surface area contributed by atoms with Crippen molar-refractivity contribution in [2.24, 2.45) is 5.84 Å². The third-order valence-electron chi connectivity index (χ3n) is 4.18. The van der Waals surface area contributed by atoms with E-state index in [9.17, 15) is 10.1 Å². The Morgan fingerprint density at radius 2 is 2.16 bits per heavy atom. The van der Waals surface area contributed by atoms with Crippen molar-refractivity contribution in [3.05, 3.63) is 41.1 Å². The Bertz CT molecular complexity index is 844. The molecule has 0 fully saturated rings. The van der Waals surface area contributed by atoms with Gasteiger partial charge in [-0.1, -0.05) is 23.9 Å². The van der Waals surface area contributed by atoms with Gasteiger partial charge in [0.2, 0.25) is 5.91 Å². The van der Waals surface area contributed by atoms with Crippen LogP contribution in [0.15, 0.2) is 29.3 Å². The molecule has 1 aliphatic rings. The fraction of sp³-hybridized carbons (Fsp3) is 0.278. The van der Waals surface area contributed by atoms with Crippen molar-refractivity contribution in [3.63, 3.8) is 0 Å². The van der Waals surface area contributed by atoms with Crippen molar-refractivity contribution in [2.75, 3.05) is 12.9 Å². The second-order valence-corrected chi connectivity index (χ2v) is 6.61. The van der Waals surface area contributed by atoms with E-state index in [1.807, 2.05) is 24.3 Å². The zero-order chi connectivity index (χ0) is 17.8. The molecule has 0 radical (unpaired) electrons. The molecular weight excluding hydrogens is 336 g/mol. The molecule has 0 unspecified atom stereocenters. The highest BCUT2D eigenvalue weighted by Gasteiger charge is 2.24. The number of hydrogen-bond acceptors (Lipinski definition) is 6. The summed E-state index contributed by atoms with van der Waals surface area (Å²) >= 11 is 1.24. The Morgan fingerprint density at radius 3 is 2.80 bits per heavy atom. The van der Waals surface area contributed by atoms with E-state index in [-0.39, 0.29) is 11.7 Å². The Kier molecular flexibility index (Phi) is 5.22. The summed E-state index contributed by atoms with van der Waals surface area (Å²) in [7, 11) is 1.62. The average Bonchev–Trinajstić information content (AvgIpc) is 3.12. The summed E-state index contributed by atoms with van der Waals surface area (Å²) in [5, 5.41) is 10.3. The van der Waals surface area contributed by atoms with Gasteiger partial charge in [-0.3, -0.25) is 10.2 Å². The summed E-state index contributed by atoms with van der Waals surface area (Å²) in [6.45, 7) is 0. The van der Waals surface area contributed by atoms with Crippen LogP contribution in [0.4, 0.5) is 0 Å². The summed E-state index contributed by atoms with van der Waals surface area (Å²) in [5.41, 5.74) is 6.64. The molecule has 1 amide bonds. The minimum atomic E-state index is -0.304. The van der Waals surface area contributed by atoms with Crippen LogP contribution in [0.3, 0.4) is 0 Å². The molecule has 0 atom stereocenters. The molecule has 0 saturated carbocycles. The predicted molar refractivity (Wildman–Crippen MR) is 96.0 cm³/mol. The maximum atomic E-state index is 11.5. The lowest BCUT2D eigenvalue weighted by atomic mass is 9.95. The predicted octanol–water partition coefficient (Wildman–Crippen LogP) is 2.20. The first kappa shape index (κ1) is 17.3. The van der Waals surface area contributed by atoms with E-state index in [0.717, 1.165) is 47.4 Å². The van der Waals surface area contributed by atoms with E-state index in [0.29, 0.717) is 10.6 Å². The molecule has 0 spiro atoms. The molecule has 3 N–H and O–H groups in total. The number of nitrogens with zero attached hydrogens (tertiary/aromatic N) is 2. The monoisotopic (exact) mass is 354 g/mol. The SMILES string of the molecule is COc1ccc(-c2c(C#N)c(SCC(=O)NN)nc3c2CCC3)cc1. The number of rotatable bonds is 5. The highest BCUT2D eigenvalue weighted by molar-refractivity contribution is 8.00. The number of aryl methyl sites for hydroxylation is 1. The van der Waals surface area contributed by atoms with Gasteiger partial charge in [0, 0.05) is 11.3 Å². The third kappa shape index (κ3) is 3.45. The van der Waals surface area contributed by atoms with Crippen molar-refractivity contribution < 1.29 is 9.53 Å². The maximum Gasteiger partial charge on any atom is 0.244 e. The number of aromatic nitrogens is 1. The number of hydrogen-bond donors (Lipinski definition) is 2. The lowest BCUT2D eigenvalue weighted by Crippen LogP contribution is -2.31. The first-order valence-electron chi connectivity index (χ1n) is 7.90. The van der Waals surface area contributed by atoms with Crippen LogP contribution in [-0.4, -0.2) is 23.8 Å². The Hall–Kier alpha value is -2.56. The molecule has 3 rings (SSSR count). The quantitative estimate of drug-likeness (QED) is 0.369. The van der Waals surface area contributed by atoms with Crippen LogP contribution >= 0.6 is 11.8 Å². The minimum absolute atomic E-state index is 0.124. The van der Waals surface area contributed by atoms with Crippen LogP contribution in [0, 0.1) is 11.3 Å². The van der Waals surface area contributed by atoms with Crippen LogP contribution in [0.5, 0.6) is 5.75 Å². The molecule has 6 nitrogen and oxygen atoms in total. The van der Waals surface area contributed by atoms with E-state index in [4.69, 9.17) is 10.6 Å². The summed E-state index contributed by atoms with van der Waals surface area (Å²) < 4.78 is 5.22. The Balaban J connectivity index is 2.10. The largest absolute Gasteiger partial charge is 0.497 e. The van der Waals surface area contributed by atoms with Gasteiger partial charge in [0.05, 0.1) is 18.4 Å². The van der Waals surface area contributed by atoms with Crippen molar-refractivity contribution >= 4 is 17.7 Å². The number of hydrazine groups is 1. The van der Waals surface area contributed by atoms with E-state index in [1.165, 1.54) is 11.8 Å². The second kappa shape index (κ2) is 7.55. The van der Waals surface area contributed by atoms with E-state index in [1.54, 1.807) is 7.11 Å². The van der Waals surface area contributed by atoms with Gasteiger partial charge in [-0.15, -0.1) is 0 Å². The molecule has 1 aromatic carbocycles. The molecule has 7 heteroatoms. The van der Waals surface area contributed by atoms with Crippen molar-refractivity contribution in [1.29, 1.82) is 5.26 Å². The molecule has 25 heavy (non-hydrogen) atoms. The first-order valence-corrected chi connectivity index (χ1v) is 8.89. The fourth-order valence-electron chi connectivity index (χ4n) is 3.02. The number of benzene rings is 1. The van der Waals surface area contributed by atoms with E-state index in [2.05, 4.69) is 16.5 Å². The summed E-state index contributed by atoms with van der Waals surface area (Å²) in [6.07, 6.45) is 2.82. The second-order valence-electron chi connectivity index (χ2n) is 5.64. The van der Waals surface area contributed by atoms with Crippen LogP contribution in [-0.2, 0) is 17.6 Å². The molecule has 128 valence electrons. The van der Waals surface area contributed by atoms with Gasteiger partial charge >= 0.3 is 0 Å². The van der Waals surface area contributed by atoms with Crippen LogP contribution in [0.25, 0.3) is 11.1 Å².